The molecular formula is C18H24N2O3. The van der Waals surface area contributed by atoms with Crippen LogP contribution < -0.4 is 5.32 Å². The molecule has 5 heteroatoms. The predicted octanol–water partition coefficient (Wildman–Crippen LogP) is 2.12. The van der Waals surface area contributed by atoms with Crippen molar-refractivity contribution in [2.24, 2.45) is 17.8 Å². The minimum atomic E-state index is -0.390. The first kappa shape index (κ1) is 16.0. The van der Waals surface area contributed by atoms with Crippen molar-refractivity contribution in [2.45, 2.75) is 32.8 Å². The lowest BCUT2D eigenvalue weighted by Crippen LogP contribution is -2.30. The summed E-state index contributed by atoms with van der Waals surface area (Å²) in [4.78, 5) is 26.4. The second-order valence-electron chi connectivity index (χ2n) is 6.93. The number of aliphatic hydroxyl groups excluding tert-OH is 1. The molecule has 1 aliphatic carbocycles. The zero-order valence-electron chi connectivity index (χ0n) is 13.7. The average Bonchev–Trinajstić information content (AvgIpc) is 3.06. The molecule has 124 valence electrons. The highest BCUT2D eigenvalue weighted by Gasteiger charge is 2.39. The topological polar surface area (TPSA) is 69.6 Å². The second kappa shape index (κ2) is 6.32. The lowest BCUT2D eigenvalue weighted by atomic mass is 10.0. The van der Waals surface area contributed by atoms with Crippen molar-refractivity contribution in [3.8, 4) is 0 Å². The number of nitrogens with zero attached hydrogens (tertiary/aromatic N) is 1. The molecule has 23 heavy (non-hydrogen) atoms. The highest BCUT2D eigenvalue weighted by atomic mass is 16.3. The fourth-order valence-corrected chi connectivity index (χ4v) is 3.20. The van der Waals surface area contributed by atoms with Gasteiger partial charge in [0.15, 0.2) is 0 Å². The van der Waals surface area contributed by atoms with Crippen molar-refractivity contribution in [3.05, 3.63) is 29.8 Å². The van der Waals surface area contributed by atoms with E-state index in [0.717, 1.165) is 12.8 Å². The van der Waals surface area contributed by atoms with Crippen LogP contribution in [0.4, 0.5) is 5.69 Å². The molecule has 0 bridgehead atoms. The first-order valence-electron chi connectivity index (χ1n) is 8.34. The summed E-state index contributed by atoms with van der Waals surface area (Å²) < 4.78 is 0. The van der Waals surface area contributed by atoms with E-state index in [4.69, 9.17) is 0 Å². The van der Waals surface area contributed by atoms with E-state index in [1.54, 1.807) is 30.0 Å². The normalized spacial score (nSPS) is 27.6. The van der Waals surface area contributed by atoms with E-state index in [9.17, 15) is 14.7 Å². The Morgan fingerprint density at radius 1 is 1.39 bits per heavy atom. The van der Waals surface area contributed by atoms with Gasteiger partial charge in [-0.25, -0.2) is 0 Å². The number of nitrogens with one attached hydrogen (secondary N) is 1. The summed E-state index contributed by atoms with van der Waals surface area (Å²) >= 11 is 0. The molecule has 1 aromatic rings. The Balaban J connectivity index is 1.65. The van der Waals surface area contributed by atoms with Crippen LogP contribution in [0.25, 0.3) is 0 Å². The maximum atomic E-state index is 12.6. The molecular weight excluding hydrogens is 292 g/mol. The van der Waals surface area contributed by atoms with E-state index in [1.807, 2.05) is 6.07 Å². The number of hydrogen-bond donors (Lipinski definition) is 2. The SMILES string of the molecule is CC(O)C1CCN(C(=O)c2cccc(NC(=O)C3CC3C)c2)C1. The van der Waals surface area contributed by atoms with Crippen molar-refractivity contribution in [1.29, 1.82) is 0 Å². The van der Waals surface area contributed by atoms with Crippen molar-refractivity contribution in [3.63, 3.8) is 0 Å². The number of likely N-dealkylation sites (tertiary alicyclic amines) is 1. The zero-order chi connectivity index (χ0) is 16.6. The Labute approximate surface area is 136 Å². The molecule has 3 rings (SSSR count). The van der Waals surface area contributed by atoms with Gasteiger partial charge in [0.2, 0.25) is 5.91 Å². The Morgan fingerprint density at radius 3 is 2.74 bits per heavy atom. The van der Waals surface area contributed by atoms with Gasteiger partial charge in [0.1, 0.15) is 0 Å². The third kappa shape index (κ3) is 3.55. The molecule has 4 atom stereocenters. The van der Waals surface area contributed by atoms with Gasteiger partial charge in [-0.05, 0) is 43.9 Å². The van der Waals surface area contributed by atoms with Gasteiger partial charge in [0, 0.05) is 36.2 Å². The molecule has 2 amide bonds. The Hall–Kier alpha value is -1.88. The average molecular weight is 316 g/mol. The molecule has 0 aromatic heterocycles. The molecule has 1 saturated carbocycles. The van der Waals surface area contributed by atoms with Crippen molar-refractivity contribution in [1.82, 2.24) is 4.90 Å². The van der Waals surface area contributed by atoms with Gasteiger partial charge in [-0.2, -0.15) is 0 Å². The van der Waals surface area contributed by atoms with Crippen LogP contribution in [-0.4, -0.2) is 41.0 Å². The highest BCUT2D eigenvalue weighted by Crippen LogP contribution is 2.38. The molecule has 1 heterocycles. The minimum Gasteiger partial charge on any atom is -0.393 e. The summed E-state index contributed by atoms with van der Waals surface area (Å²) in [6, 6.07) is 7.11. The number of amides is 2. The van der Waals surface area contributed by atoms with Crippen LogP contribution in [0.2, 0.25) is 0 Å². The lowest BCUT2D eigenvalue weighted by Gasteiger charge is -2.18. The summed E-state index contributed by atoms with van der Waals surface area (Å²) in [5.74, 6) is 0.723. The number of rotatable bonds is 4. The van der Waals surface area contributed by atoms with Gasteiger partial charge < -0.3 is 15.3 Å². The Morgan fingerprint density at radius 2 is 2.13 bits per heavy atom. The summed E-state index contributed by atoms with van der Waals surface area (Å²) in [6.45, 7) is 5.10. The van der Waals surface area contributed by atoms with Crippen molar-refractivity contribution < 1.29 is 14.7 Å². The molecule has 2 aliphatic rings. The van der Waals surface area contributed by atoms with E-state index in [-0.39, 0.29) is 29.8 Å². The minimum absolute atomic E-state index is 0.0379. The van der Waals surface area contributed by atoms with Gasteiger partial charge in [-0.15, -0.1) is 0 Å². The summed E-state index contributed by atoms with van der Waals surface area (Å²) in [5.41, 5.74) is 1.25. The van der Waals surface area contributed by atoms with Crippen LogP contribution in [0.15, 0.2) is 24.3 Å². The van der Waals surface area contributed by atoms with E-state index >= 15 is 0 Å². The molecule has 2 fully saturated rings. The predicted molar refractivity (Wildman–Crippen MR) is 88.0 cm³/mol. The van der Waals surface area contributed by atoms with Crippen molar-refractivity contribution >= 4 is 17.5 Å². The maximum Gasteiger partial charge on any atom is 0.253 e. The van der Waals surface area contributed by atoms with Gasteiger partial charge in [-0.3, -0.25) is 9.59 Å². The summed E-state index contributed by atoms with van der Waals surface area (Å²) in [6.07, 6.45) is 1.39. The molecule has 0 radical (unpaired) electrons. The third-order valence-electron chi connectivity index (χ3n) is 5.02. The number of carbonyl (C=O) groups is 2. The van der Waals surface area contributed by atoms with Gasteiger partial charge >= 0.3 is 0 Å². The van der Waals surface area contributed by atoms with E-state index in [2.05, 4.69) is 12.2 Å². The van der Waals surface area contributed by atoms with Crippen LogP contribution in [-0.2, 0) is 4.79 Å². The summed E-state index contributed by atoms with van der Waals surface area (Å²) in [7, 11) is 0. The van der Waals surface area contributed by atoms with Gasteiger partial charge in [0.25, 0.3) is 5.91 Å². The number of anilines is 1. The molecule has 4 unspecified atom stereocenters. The molecule has 2 N–H and O–H groups in total. The zero-order valence-corrected chi connectivity index (χ0v) is 13.7. The second-order valence-corrected chi connectivity index (χ2v) is 6.93. The quantitative estimate of drug-likeness (QED) is 0.894. The monoisotopic (exact) mass is 316 g/mol. The third-order valence-corrected chi connectivity index (χ3v) is 5.02. The lowest BCUT2D eigenvalue weighted by molar-refractivity contribution is -0.117. The molecule has 1 aromatic carbocycles. The van der Waals surface area contributed by atoms with E-state index in [1.165, 1.54) is 0 Å². The van der Waals surface area contributed by atoms with Crippen LogP contribution in [0, 0.1) is 17.8 Å². The maximum absolute atomic E-state index is 12.6. The largest absolute Gasteiger partial charge is 0.393 e. The van der Waals surface area contributed by atoms with Crippen LogP contribution in [0.3, 0.4) is 0 Å². The van der Waals surface area contributed by atoms with E-state index < -0.39 is 0 Å². The smallest absolute Gasteiger partial charge is 0.253 e. The van der Waals surface area contributed by atoms with Crippen LogP contribution in [0.5, 0.6) is 0 Å². The highest BCUT2D eigenvalue weighted by molar-refractivity contribution is 5.98. The Kier molecular flexibility index (Phi) is 4.39. The molecule has 1 aliphatic heterocycles. The van der Waals surface area contributed by atoms with Crippen LogP contribution >= 0.6 is 0 Å². The Bertz CT molecular complexity index is 614. The van der Waals surface area contributed by atoms with Crippen LogP contribution in [0.1, 0.15) is 37.0 Å². The molecule has 5 nitrogen and oxygen atoms in total. The van der Waals surface area contributed by atoms with Gasteiger partial charge in [-0.1, -0.05) is 13.0 Å². The van der Waals surface area contributed by atoms with E-state index in [0.29, 0.717) is 30.3 Å². The first-order valence-corrected chi connectivity index (χ1v) is 8.34. The van der Waals surface area contributed by atoms with Crippen molar-refractivity contribution in [2.75, 3.05) is 18.4 Å². The number of aliphatic hydroxyl groups is 1. The fraction of sp³-hybridized carbons (Fsp3) is 0.556. The standard InChI is InChI=1S/C18H24N2O3/c1-11-8-16(11)17(22)19-15-5-3-4-13(9-15)18(23)20-7-6-14(10-20)12(2)21/h3-5,9,11-12,14,16,21H,6-8,10H2,1-2H3,(H,19,22). The first-order chi connectivity index (χ1) is 11.0. The summed E-state index contributed by atoms with van der Waals surface area (Å²) in [5, 5.41) is 12.6. The molecule has 1 saturated heterocycles. The number of hydrogen-bond acceptors (Lipinski definition) is 3. The van der Waals surface area contributed by atoms with Gasteiger partial charge in [0.05, 0.1) is 6.10 Å². The fourth-order valence-electron chi connectivity index (χ4n) is 3.20. The molecule has 0 spiro atoms. The number of carbonyl (C=O) groups excluding carboxylic acids is 2. The number of benzene rings is 1.